The van der Waals surface area contributed by atoms with Gasteiger partial charge in [0.15, 0.2) is 0 Å². The quantitative estimate of drug-likeness (QED) is 0.193. The molecule has 0 fully saturated rings. The summed E-state index contributed by atoms with van der Waals surface area (Å²) in [4.78, 5) is 0. The van der Waals surface area contributed by atoms with E-state index in [0.29, 0.717) is 0 Å². The van der Waals surface area contributed by atoms with Crippen molar-refractivity contribution in [3.63, 3.8) is 0 Å². The van der Waals surface area contributed by atoms with Crippen LogP contribution in [0.5, 0.6) is 0 Å². The van der Waals surface area contributed by atoms with E-state index in [2.05, 4.69) is 0 Å². The Labute approximate surface area is 181 Å². The predicted octanol–water partition coefficient (Wildman–Crippen LogP) is 7.48. The summed E-state index contributed by atoms with van der Waals surface area (Å²) < 4.78 is 223. The molecular formula is C15H17F17OSi. The molecule has 34 heavy (non-hydrogen) atoms. The second kappa shape index (κ2) is 9.13. The molecule has 0 aromatic carbocycles. The number of hydrogen-bond donors (Lipinski definition) is 1. The second-order valence-corrected chi connectivity index (χ2v) is 13.5. The molecule has 19 heteroatoms. The summed E-state index contributed by atoms with van der Waals surface area (Å²) in [5.74, 6) is -56.0. The summed E-state index contributed by atoms with van der Waals surface area (Å²) in [6.45, 7) is 2.29. The molecule has 0 aliphatic heterocycles. The lowest BCUT2D eigenvalue weighted by molar-refractivity contribution is -0.461. The molecule has 0 aromatic heterocycles. The highest BCUT2D eigenvalue weighted by atomic mass is 28.3. The van der Waals surface area contributed by atoms with Gasteiger partial charge in [0.1, 0.15) is 0 Å². The summed E-state index contributed by atoms with van der Waals surface area (Å²) in [7, 11) is -2.61. The van der Waals surface area contributed by atoms with Gasteiger partial charge in [-0.05, 0) is 12.5 Å². The van der Waals surface area contributed by atoms with E-state index in [4.69, 9.17) is 5.11 Å². The van der Waals surface area contributed by atoms with Crippen LogP contribution in [0.1, 0.15) is 12.8 Å². The number of alkyl halides is 17. The number of halogens is 17. The topological polar surface area (TPSA) is 20.2 Å². The van der Waals surface area contributed by atoms with Gasteiger partial charge in [0, 0.05) is 21.1 Å². The van der Waals surface area contributed by atoms with Gasteiger partial charge in [-0.1, -0.05) is 19.1 Å². The predicted molar refractivity (Wildman–Crippen MR) is 84.1 cm³/mol. The first-order valence-corrected chi connectivity index (χ1v) is 12.3. The van der Waals surface area contributed by atoms with E-state index >= 15 is 0 Å². The van der Waals surface area contributed by atoms with Crippen LogP contribution in [0.3, 0.4) is 0 Å². The molecule has 0 aliphatic carbocycles. The van der Waals surface area contributed by atoms with E-state index in [1.54, 1.807) is 0 Å². The Morgan fingerprint density at radius 2 is 0.824 bits per heavy atom. The van der Waals surface area contributed by atoms with Gasteiger partial charge >= 0.3 is 47.6 Å². The summed E-state index contributed by atoms with van der Waals surface area (Å²) in [6.07, 6.45) is -11.3. The summed E-state index contributed by atoms with van der Waals surface area (Å²) in [5.41, 5.74) is 0. The van der Waals surface area contributed by atoms with Crippen LogP contribution < -0.4 is 0 Å². The summed E-state index contributed by atoms with van der Waals surface area (Å²) >= 11 is 0. The Balaban J connectivity index is 6.30. The molecule has 0 unspecified atom stereocenters. The van der Waals surface area contributed by atoms with Crippen molar-refractivity contribution in [2.24, 2.45) is 0 Å². The molecule has 0 atom stereocenters. The standard InChI is InChI=1S/C15H17F17OSi/c1-34(2,7-5-33)6-3-4-8(16,17)9(18,19)10(20,21)11(22,23)12(24,25)13(26,27)14(28,29)15(30,31)32/h33H,3-7H2,1-2H3. The van der Waals surface area contributed by atoms with Crippen molar-refractivity contribution in [2.45, 2.75) is 85.7 Å². The average Bonchev–Trinajstić information content (AvgIpc) is 2.59. The lowest BCUT2D eigenvalue weighted by Crippen LogP contribution is -2.74. The molecule has 0 aliphatic rings. The molecular weight excluding hydrogens is 547 g/mol. The zero-order chi connectivity index (χ0) is 28.0. The summed E-state index contributed by atoms with van der Waals surface area (Å²) in [5, 5.41) is 8.76. The van der Waals surface area contributed by atoms with Crippen molar-refractivity contribution in [2.75, 3.05) is 6.61 Å². The molecule has 0 radical (unpaired) electrons. The third kappa shape index (κ3) is 5.09. The van der Waals surface area contributed by atoms with Crippen LogP contribution in [0.15, 0.2) is 0 Å². The molecule has 206 valence electrons. The monoisotopic (exact) mass is 564 g/mol. The SMILES string of the molecule is C[Si](C)(CCO)CCCC(F)(F)C(F)(F)C(F)(F)C(F)(F)C(F)(F)C(F)(F)C(F)(F)C(F)(F)F. The first-order chi connectivity index (χ1) is 14.5. The third-order valence-electron chi connectivity index (χ3n) is 4.92. The number of rotatable bonds is 12. The van der Waals surface area contributed by atoms with E-state index in [0.717, 1.165) is 0 Å². The van der Waals surface area contributed by atoms with E-state index in [-0.39, 0.29) is 6.04 Å². The first-order valence-electron chi connectivity index (χ1n) is 8.84. The van der Waals surface area contributed by atoms with E-state index in [1.807, 2.05) is 0 Å². The van der Waals surface area contributed by atoms with Crippen LogP contribution in [0.25, 0.3) is 0 Å². The normalized spacial score (nSPS) is 16.2. The van der Waals surface area contributed by atoms with Crippen LogP contribution in [-0.4, -0.2) is 67.4 Å². The van der Waals surface area contributed by atoms with Crippen molar-refractivity contribution < 1.29 is 79.7 Å². The maximum absolute atomic E-state index is 13.7. The van der Waals surface area contributed by atoms with Crippen LogP contribution in [-0.2, 0) is 0 Å². The summed E-state index contributed by atoms with van der Waals surface area (Å²) in [6, 6.07) is -0.439. The highest BCUT2D eigenvalue weighted by molar-refractivity contribution is 6.77. The molecule has 1 N–H and O–H groups in total. The minimum Gasteiger partial charge on any atom is -0.397 e. The molecule has 0 bridgehead atoms. The molecule has 0 rings (SSSR count). The fourth-order valence-electron chi connectivity index (χ4n) is 2.57. The largest absolute Gasteiger partial charge is 0.460 e. The van der Waals surface area contributed by atoms with Gasteiger partial charge in [0.2, 0.25) is 0 Å². The Morgan fingerprint density at radius 1 is 0.500 bits per heavy atom. The van der Waals surface area contributed by atoms with Crippen molar-refractivity contribution in [1.82, 2.24) is 0 Å². The number of aliphatic hydroxyl groups excluding tert-OH is 1. The van der Waals surface area contributed by atoms with Gasteiger partial charge in [-0.15, -0.1) is 0 Å². The maximum Gasteiger partial charge on any atom is 0.460 e. The van der Waals surface area contributed by atoms with Crippen molar-refractivity contribution in [3.05, 3.63) is 0 Å². The zero-order valence-corrected chi connectivity index (χ0v) is 17.9. The van der Waals surface area contributed by atoms with Gasteiger partial charge in [-0.3, -0.25) is 0 Å². The average molecular weight is 564 g/mol. The highest BCUT2D eigenvalue weighted by Gasteiger charge is 2.95. The maximum atomic E-state index is 13.7. The fraction of sp³-hybridized carbons (Fsp3) is 1.00. The Hall–Kier alpha value is -1.01. The van der Waals surface area contributed by atoms with Crippen molar-refractivity contribution in [1.29, 1.82) is 0 Å². The van der Waals surface area contributed by atoms with Crippen LogP contribution in [0.2, 0.25) is 25.2 Å². The molecule has 0 amide bonds. The molecule has 0 saturated carbocycles. The Bertz CT molecular complexity index is 698. The second-order valence-electron chi connectivity index (χ2n) is 8.14. The van der Waals surface area contributed by atoms with Crippen LogP contribution in [0.4, 0.5) is 74.6 Å². The van der Waals surface area contributed by atoms with Gasteiger partial charge in [-0.2, -0.15) is 74.6 Å². The van der Waals surface area contributed by atoms with Crippen LogP contribution >= 0.6 is 0 Å². The van der Waals surface area contributed by atoms with Crippen molar-refractivity contribution >= 4 is 8.07 Å². The zero-order valence-electron chi connectivity index (χ0n) is 16.9. The molecule has 0 saturated heterocycles. The molecule has 0 heterocycles. The third-order valence-corrected chi connectivity index (χ3v) is 8.20. The number of aliphatic hydroxyl groups is 1. The fourth-order valence-corrected chi connectivity index (χ4v) is 4.56. The first kappa shape index (κ1) is 33.0. The molecule has 0 aromatic rings. The minimum absolute atomic E-state index is 0.0160. The van der Waals surface area contributed by atoms with E-state index in [1.165, 1.54) is 13.1 Å². The van der Waals surface area contributed by atoms with Gasteiger partial charge in [-0.25, -0.2) is 0 Å². The van der Waals surface area contributed by atoms with Gasteiger partial charge < -0.3 is 5.11 Å². The Morgan fingerprint density at radius 3 is 1.15 bits per heavy atom. The van der Waals surface area contributed by atoms with Crippen LogP contribution in [0, 0.1) is 0 Å². The van der Waals surface area contributed by atoms with Gasteiger partial charge in [0.25, 0.3) is 0 Å². The Kier molecular flexibility index (Phi) is 8.86. The highest BCUT2D eigenvalue weighted by Crippen LogP contribution is 2.64. The van der Waals surface area contributed by atoms with Gasteiger partial charge in [0.05, 0.1) is 0 Å². The smallest absolute Gasteiger partial charge is 0.397 e. The van der Waals surface area contributed by atoms with E-state index in [9.17, 15) is 74.6 Å². The van der Waals surface area contributed by atoms with E-state index < -0.39 is 81.2 Å². The minimum atomic E-state index is -8.60. The molecule has 0 spiro atoms. The molecule has 1 nitrogen and oxygen atoms in total. The van der Waals surface area contributed by atoms with Crippen molar-refractivity contribution in [3.8, 4) is 0 Å². The lowest BCUT2D eigenvalue weighted by Gasteiger charge is -2.42. The number of hydrogen-bond acceptors (Lipinski definition) is 1. The lowest BCUT2D eigenvalue weighted by atomic mass is 9.88.